The van der Waals surface area contributed by atoms with Crippen LogP contribution in [0, 0.1) is 0 Å². The second kappa shape index (κ2) is 9.35. The van der Waals surface area contributed by atoms with E-state index in [0.29, 0.717) is 29.4 Å². The lowest BCUT2D eigenvalue weighted by molar-refractivity contribution is -0.130. The van der Waals surface area contributed by atoms with Crippen LogP contribution in [0.3, 0.4) is 0 Å². The van der Waals surface area contributed by atoms with Crippen LogP contribution in [0.15, 0.2) is 47.6 Å². The molecule has 0 N–H and O–H groups in total. The van der Waals surface area contributed by atoms with Crippen molar-refractivity contribution < 1.29 is 23.7 Å². The van der Waals surface area contributed by atoms with E-state index in [9.17, 15) is 4.79 Å². The van der Waals surface area contributed by atoms with E-state index in [1.807, 2.05) is 48.6 Å². The molecule has 0 spiro atoms. The summed E-state index contributed by atoms with van der Waals surface area (Å²) < 4.78 is 21.3. The van der Waals surface area contributed by atoms with Crippen molar-refractivity contribution in [1.82, 2.24) is 5.01 Å². The molecule has 1 atom stereocenters. The molecule has 0 saturated carbocycles. The molecule has 30 heavy (non-hydrogen) atoms. The summed E-state index contributed by atoms with van der Waals surface area (Å²) in [5, 5.41) is 6.03. The van der Waals surface area contributed by atoms with Crippen molar-refractivity contribution in [2.45, 2.75) is 19.4 Å². The van der Waals surface area contributed by atoms with E-state index in [4.69, 9.17) is 18.9 Å². The number of benzene rings is 2. The van der Waals surface area contributed by atoms with Gasteiger partial charge in [0.15, 0.2) is 23.0 Å². The van der Waals surface area contributed by atoms with Crippen molar-refractivity contribution in [3.8, 4) is 23.0 Å². The van der Waals surface area contributed by atoms with Gasteiger partial charge in [-0.05, 0) is 41.5 Å². The van der Waals surface area contributed by atoms with Gasteiger partial charge in [-0.2, -0.15) is 5.10 Å². The van der Waals surface area contributed by atoms with E-state index in [2.05, 4.69) is 5.10 Å². The molecule has 1 heterocycles. The second-order valence-electron chi connectivity index (χ2n) is 6.74. The van der Waals surface area contributed by atoms with Crippen molar-refractivity contribution >= 4 is 17.7 Å². The molecule has 0 fully saturated rings. The van der Waals surface area contributed by atoms with E-state index < -0.39 is 0 Å². The molecule has 0 bridgehead atoms. The highest BCUT2D eigenvalue weighted by Gasteiger charge is 2.30. The number of allylic oxidation sites excluding steroid dienone is 1. The van der Waals surface area contributed by atoms with E-state index in [0.717, 1.165) is 16.8 Å². The number of hydrogen-bond acceptors (Lipinski definition) is 6. The summed E-state index contributed by atoms with van der Waals surface area (Å²) in [4.78, 5) is 12.2. The first-order valence-corrected chi connectivity index (χ1v) is 9.50. The van der Waals surface area contributed by atoms with Gasteiger partial charge < -0.3 is 18.9 Å². The van der Waals surface area contributed by atoms with Crippen LogP contribution in [0.4, 0.5) is 0 Å². The molecule has 0 radical (unpaired) electrons. The zero-order valence-electron chi connectivity index (χ0n) is 17.8. The number of amides is 1. The molecule has 2 aromatic carbocycles. The number of ether oxygens (including phenoxy) is 4. The van der Waals surface area contributed by atoms with Gasteiger partial charge >= 0.3 is 0 Å². The Bertz CT molecular complexity index is 984. The molecule has 0 aromatic heterocycles. The molecule has 158 valence electrons. The molecule has 0 saturated heterocycles. The van der Waals surface area contributed by atoms with E-state index in [1.165, 1.54) is 11.9 Å². The summed E-state index contributed by atoms with van der Waals surface area (Å²) >= 11 is 0. The Morgan fingerprint density at radius 3 is 2.10 bits per heavy atom. The van der Waals surface area contributed by atoms with Crippen LogP contribution in [0.5, 0.6) is 23.0 Å². The van der Waals surface area contributed by atoms with Crippen LogP contribution >= 0.6 is 0 Å². The van der Waals surface area contributed by atoms with Crippen LogP contribution in [-0.2, 0) is 4.79 Å². The minimum Gasteiger partial charge on any atom is -0.493 e. The Labute approximate surface area is 176 Å². The van der Waals surface area contributed by atoms with Crippen LogP contribution in [0.25, 0.3) is 6.08 Å². The Hall–Kier alpha value is -3.48. The first-order valence-electron chi connectivity index (χ1n) is 9.50. The standard InChI is InChI=1S/C23H26N2O5/c1-15(26)25-19(17-8-11-21(28-3)23(13-17)30-5)14-18(24-25)9-6-16-7-10-20(27-2)22(12-16)29-4/h6-13,19H,14H2,1-5H3/b9-6+/t19-/m1/s1. The molecule has 1 amide bonds. The van der Waals surface area contributed by atoms with Crippen molar-refractivity contribution in [1.29, 1.82) is 0 Å². The molecular weight excluding hydrogens is 384 g/mol. The largest absolute Gasteiger partial charge is 0.493 e. The fourth-order valence-corrected chi connectivity index (χ4v) is 3.39. The fourth-order valence-electron chi connectivity index (χ4n) is 3.39. The number of carbonyl (C=O) groups excluding carboxylic acids is 1. The van der Waals surface area contributed by atoms with Crippen LogP contribution in [0.2, 0.25) is 0 Å². The number of methoxy groups -OCH3 is 4. The maximum absolute atomic E-state index is 12.2. The van der Waals surface area contributed by atoms with Crippen LogP contribution in [-0.4, -0.2) is 45.1 Å². The topological polar surface area (TPSA) is 69.6 Å². The van der Waals surface area contributed by atoms with Gasteiger partial charge in [-0.15, -0.1) is 0 Å². The summed E-state index contributed by atoms with van der Waals surface area (Å²) in [5.41, 5.74) is 2.68. The third-order valence-electron chi connectivity index (χ3n) is 4.92. The van der Waals surface area contributed by atoms with E-state index >= 15 is 0 Å². The molecule has 2 aromatic rings. The van der Waals surface area contributed by atoms with Gasteiger partial charge in [0.05, 0.1) is 40.2 Å². The highest BCUT2D eigenvalue weighted by atomic mass is 16.5. The zero-order chi connectivity index (χ0) is 21.7. The highest BCUT2D eigenvalue weighted by molar-refractivity contribution is 6.01. The smallest absolute Gasteiger partial charge is 0.240 e. The molecule has 0 aliphatic carbocycles. The summed E-state index contributed by atoms with van der Waals surface area (Å²) in [6, 6.07) is 11.1. The summed E-state index contributed by atoms with van der Waals surface area (Å²) in [6.45, 7) is 1.51. The average Bonchev–Trinajstić information content (AvgIpc) is 3.21. The maximum Gasteiger partial charge on any atom is 0.240 e. The van der Waals surface area contributed by atoms with Gasteiger partial charge in [0, 0.05) is 13.3 Å². The monoisotopic (exact) mass is 410 g/mol. The Morgan fingerprint density at radius 2 is 1.50 bits per heavy atom. The van der Waals surface area contributed by atoms with E-state index in [1.54, 1.807) is 28.4 Å². The molecule has 3 rings (SSSR count). The second-order valence-corrected chi connectivity index (χ2v) is 6.74. The lowest BCUT2D eigenvalue weighted by Gasteiger charge is -2.21. The van der Waals surface area contributed by atoms with Crippen LogP contribution < -0.4 is 18.9 Å². The summed E-state index contributed by atoms with van der Waals surface area (Å²) in [7, 11) is 6.39. The SMILES string of the molecule is COc1ccc(/C=C/C2=NN(C(C)=O)[C@@H](c3ccc(OC)c(OC)c3)C2)cc1OC. The van der Waals surface area contributed by atoms with Gasteiger partial charge in [-0.1, -0.05) is 18.2 Å². The van der Waals surface area contributed by atoms with Crippen LogP contribution in [0.1, 0.15) is 30.5 Å². The number of rotatable bonds is 7. The predicted molar refractivity (Wildman–Crippen MR) is 115 cm³/mol. The highest BCUT2D eigenvalue weighted by Crippen LogP contribution is 2.36. The van der Waals surface area contributed by atoms with Crippen molar-refractivity contribution in [2.75, 3.05) is 28.4 Å². The van der Waals surface area contributed by atoms with Crippen molar-refractivity contribution in [3.05, 3.63) is 53.6 Å². The van der Waals surface area contributed by atoms with Gasteiger partial charge in [-0.25, -0.2) is 5.01 Å². The molecule has 1 aliphatic rings. The molecule has 0 unspecified atom stereocenters. The molecular formula is C23H26N2O5. The lowest BCUT2D eigenvalue weighted by atomic mass is 10.0. The van der Waals surface area contributed by atoms with Crippen molar-refractivity contribution in [2.24, 2.45) is 5.10 Å². The Morgan fingerprint density at radius 1 is 0.900 bits per heavy atom. The van der Waals surface area contributed by atoms with Gasteiger partial charge in [0.1, 0.15) is 0 Å². The van der Waals surface area contributed by atoms with Gasteiger partial charge in [0.25, 0.3) is 0 Å². The van der Waals surface area contributed by atoms with Crippen molar-refractivity contribution in [3.63, 3.8) is 0 Å². The number of carbonyl (C=O) groups is 1. The zero-order valence-corrected chi connectivity index (χ0v) is 17.8. The number of hydrogen-bond donors (Lipinski definition) is 0. The fraction of sp³-hybridized carbons (Fsp3) is 0.304. The predicted octanol–water partition coefficient (Wildman–Crippen LogP) is 4.08. The maximum atomic E-state index is 12.2. The first-order chi connectivity index (χ1) is 14.5. The summed E-state index contributed by atoms with van der Waals surface area (Å²) in [6.07, 6.45) is 4.45. The molecule has 1 aliphatic heterocycles. The normalized spacial score (nSPS) is 15.8. The average molecular weight is 410 g/mol. The molecule has 7 nitrogen and oxygen atoms in total. The minimum absolute atomic E-state index is 0.121. The van der Waals surface area contributed by atoms with Gasteiger partial charge in [-0.3, -0.25) is 4.79 Å². The lowest BCUT2D eigenvalue weighted by Crippen LogP contribution is -2.24. The number of hydrazone groups is 1. The Balaban J connectivity index is 1.84. The third kappa shape index (κ3) is 4.40. The van der Waals surface area contributed by atoms with Gasteiger partial charge in [0.2, 0.25) is 5.91 Å². The molecule has 7 heteroatoms. The van der Waals surface area contributed by atoms with E-state index in [-0.39, 0.29) is 11.9 Å². The number of nitrogens with zero attached hydrogens (tertiary/aromatic N) is 2. The third-order valence-corrected chi connectivity index (χ3v) is 4.92. The summed E-state index contributed by atoms with van der Waals surface area (Å²) in [5.74, 6) is 2.46. The quantitative estimate of drug-likeness (QED) is 0.688. The Kier molecular flexibility index (Phi) is 6.61. The first kappa shape index (κ1) is 21.2. The minimum atomic E-state index is -0.202.